The number of nitrogens with one attached hydrogen (secondary N) is 1. The van der Waals surface area contributed by atoms with E-state index in [0.717, 1.165) is 0 Å². The summed E-state index contributed by atoms with van der Waals surface area (Å²) in [5.41, 5.74) is 3.88. The van der Waals surface area contributed by atoms with Crippen molar-refractivity contribution in [2.75, 3.05) is 0 Å². The van der Waals surface area contributed by atoms with Gasteiger partial charge in [0, 0.05) is 18.8 Å². The van der Waals surface area contributed by atoms with Crippen LogP contribution in [0.15, 0.2) is 36.1 Å². The maximum absolute atomic E-state index is 11.3. The molecule has 7 heteroatoms. The molecule has 4 atom stereocenters. The summed E-state index contributed by atoms with van der Waals surface area (Å²) in [6.45, 7) is 0. The number of rotatable bonds is 6. The maximum atomic E-state index is 11.3. The lowest BCUT2D eigenvalue weighted by atomic mass is 9.82. The van der Waals surface area contributed by atoms with Crippen LogP contribution in [-0.2, 0) is 9.59 Å². The lowest BCUT2D eigenvalue weighted by Crippen LogP contribution is -2.47. The Morgan fingerprint density at radius 1 is 1.33 bits per heavy atom. The first-order valence-corrected chi connectivity index (χ1v) is 6.57. The molecule has 6 N–H and O–H groups in total. The topological polar surface area (TPSA) is 133 Å². The van der Waals surface area contributed by atoms with Crippen LogP contribution in [0.25, 0.3) is 0 Å². The van der Waals surface area contributed by atoms with Crippen LogP contribution in [0.4, 0.5) is 0 Å². The Morgan fingerprint density at radius 3 is 2.62 bits per heavy atom. The second-order valence-corrected chi connectivity index (χ2v) is 5.37. The van der Waals surface area contributed by atoms with Gasteiger partial charge in [-0.2, -0.15) is 0 Å². The molecular weight excluding hydrogens is 276 g/mol. The van der Waals surface area contributed by atoms with E-state index in [-0.39, 0.29) is 18.4 Å². The fourth-order valence-corrected chi connectivity index (χ4v) is 2.61. The van der Waals surface area contributed by atoms with Crippen molar-refractivity contribution in [1.82, 2.24) is 5.32 Å². The SMILES string of the molecule is NC(CC(O)(CC1=CNC2C=CC=CC12)C(=O)O)C(=O)O. The Bertz CT molecular complexity index is 539. The summed E-state index contributed by atoms with van der Waals surface area (Å²) in [6.07, 6.45) is 8.55. The first-order valence-electron chi connectivity index (χ1n) is 6.57. The molecule has 0 spiro atoms. The van der Waals surface area contributed by atoms with Crippen LogP contribution in [-0.4, -0.2) is 44.9 Å². The van der Waals surface area contributed by atoms with Gasteiger partial charge in [0.15, 0.2) is 5.60 Å². The van der Waals surface area contributed by atoms with Gasteiger partial charge in [0.2, 0.25) is 0 Å². The number of carboxylic acids is 2. The third-order valence-electron chi connectivity index (χ3n) is 3.79. The summed E-state index contributed by atoms with van der Waals surface area (Å²) < 4.78 is 0. The number of nitrogens with two attached hydrogens (primary N) is 1. The molecule has 2 aliphatic rings. The van der Waals surface area contributed by atoms with Gasteiger partial charge in [-0.15, -0.1) is 0 Å². The number of aliphatic carboxylic acids is 2. The third-order valence-corrected chi connectivity index (χ3v) is 3.79. The largest absolute Gasteiger partial charge is 0.480 e. The molecule has 0 bridgehead atoms. The highest BCUT2D eigenvalue weighted by molar-refractivity contribution is 5.80. The Kier molecular flexibility index (Phi) is 4.15. The predicted octanol–water partition coefficient (Wildman–Crippen LogP) is -0.408. The summed E-state index contributed by atoms with van der Waals surface area (Å²) in [7, 11) is 0. The highest BCUT2D eigenvalue weighted by Crippen LogP contribution is 2.33. The molecule has 2 rings (SSSR count). The molecule has 7 nitrogen and oxygen atoms in total. The molecule has 114 valence electrons. The highest BCUT2D eigenvalue weighted by atomic mass is 16.4. The molecule has 1 aliphatic carbocycles. The van der Waals surface area contributed by atoms with Crippen molar-refractivity contribution < 1.29 is 24.9 Å². The quantitative estimate of drug-likeness (QED) is 0.450. The normalized spacial score (nSPS) is 27.2. The van der Waals surface area contributed by atoms with Gasteiger partial charge in [-0.05, 0) is 11.8 Å². The van der Waals surface area contributed by atoms with E-state index in [0.29, 0.717) is 5.57 Å². The second kappa shape index (κ2) is 5.71. The Hall–Kier alpha value is -2.12. The Labute approximate surface area is 121 Å². The van der Waals surface area contributed by atoms with Crippen molar-refractivity contribution in [2.24, 2.45) is 11.7 Å². The van der Waals surface area contributed by atoms with E-state index in [1.165, 1.54) is 0 Å². The van der Waals surface area contributed by atoms with Gasteiger partial charge in [0.05, 0.1) is 6.04 Å². The standard InChI is InChI=1S/C14H18N2O5/c15-10(12(17)18)6-14(21,13(19)20)5-8-7-16-11-4-2-1-3-9(8)11/h1-4,7,9-11,16,21H,5-6,15H2,(H,17,18)(H,19,20). The van der Waals surface area contributed by atoms with E-state index in [9.17, 15) is 19.8 Å². The first kappa shape index (κ1) is 15.3. The van der Waals surface area contributed by atoms with Gasteiger partial charge >= 0.3 is 11.9 Å². The van der Waals surface area contributed by atoms with Crippen molar-refractivity contribution in [3.63, 3.8) is 0 Å². The zero-order valence-electron chi connectivity index (χ0n) is 11.3. The van der Waals surface area contributed by atoms with E-state index in [1.54, 1.807) is 6.20 Å². The Balaban J connectivity index is 2.13. The van der Waals surface area contributed by atoms with E-state index >= 15 is 0 Å². The molecule has 0 aromatic heterocycles. The number of aliphatic hydroxyl groups is 1. The van der Waals surface area contributed by atoms with Gasteiger partial charge in [0.1, 0.15) is 6.04 Å². The second-order valence-electron chi connectivity index (χ2n) is 5.37. The van der Waals surface area contributed by atoms with Crippen molar-refractivity contribution in [3.05, 3.63) is 36.1 Å². The van der Waals surface area contributed by atoms with Crippen molar-refractivity contribution in [2.45, 2.75) is 30.5 Å². The molecule has 1 aliphatic heterocycles. The minimum Gasteiger partial charge on any atom is -0.480 e. The fourth-order valence-electron chi connectivity index (χ4n) is 2.61. The predicted molar refractivity (Wildman–Crippen MR) is 74.2 cm³/mol. The van der Waals surface area contributed by atoms with E-state index in [1.807, 2.05) is 24.3 Å². The Morgan fingerprint density at radius 2 is 2.00 bits per heavy atom. The number of carbonyl (C=O) groups is 2. The molecule has 0 saturated heterocycles. The third kappa shape index (κ3) is 3.14. The van der Waals surface area contributed by atoms with E-state index < -0.39 is 30.0 Å². The van der Waals surface area contributed by atoms with Crippen molar-refractivity contribution >= 4 is 11.9 Å². The molecule has 0 aromatic rings. The molecule has 0 radical (unpaired) electrons. The number of hydrogen-bond acceptors (Lipinski definition) is 5. The molecular formula is C14H18N2O5. The van der Waals surface area contributed by atoms with Crippen LogP contribution in [0.2, 0.25) is 0 Å². The molecule has 1 heterocycles. The van der Waals surface area contributed by atoms with Crippen LogP contribution >= 0.6 is 0 Å². The van der Waals surface area contributed by atoms with Crippen LogP contribution < -0.4 is 11.1 Å². The zero-order chi connectivity index (χ0) is 15.6. The smallest absolute Gasteiger partial charge is 0.336 e. The minimum atomic E-state index is -2.20. The number of allylic oxidation sites excluding steroid dienone is 2. The van der Waals surface area contributed by atoms with Crippen molar-refractivity contribution in [3.8, 4) is 0 Å². The van der Waals surface area contributed by atoms with Crippen LogP contribution in [0.5, 0.6) is 0 Å². The average molecular weight is 294 g/mol. The number of fused-ring (bicyclic) bond motifs is 1. The van der Waals surface area contributed by atoms with Gasteiger partial charge in [-0.1, -0.05) is 24.3 Å². The molecule has 0 fully saturated rings. The summed E-state index contributed by atoms with van der Waals surface area (Å²) >= 11 is 0. The van der Waals surface area contributed by atoms with Crippen LogP contribution in [0.1, 0.15) is 12.8 Å². The molecule has 0 saturated carbocycles. The average Bonchev–Trinajstić information content (AvgIpc) is 2.81. The van der Waals surface area contributed by atoms with Gasteiger partial charge in [-0.3, -0.25) is 4.79 Å². The lowest BCUT2D eigenvalue weighted by molar-refractivity contribution is -0.161. The van der Waals surface area contributed by atoms with Gasteiger partial charge in [0.25, 0.3) is 0 Å². The molecule has 21 heavy (non-hydrogen) atoms. The summed E-state index contributed by atoms with van der Waals surface area (Å²) in [6, 6.07) is -1.39. The monoisotopic (exact) mass is 294 g/mol. The highest BCUT2D eigenvalue weighted by Gasteiger charge is 2.42. The summed E-state index contributed by atoms with van der Waals surface area (Å²) in [5.74, 6) is -2.85. The summed E-state index contributed by atoms with van der Waals surface area (Å²) in [4.78, 5) is 22.1. The van der Waals surface area contributed by atoms with Gasteiger partial charge < -0.3 is 26.4 Å². The molecule has 0 amide bonds. The molecule has 0 aromatic carbocycles. The van der Waals surface area contributed by atoms with Crippen LogP contribution in [0.3, 0.4) is 0 Å². The van der Waals surface area contributed by atoms with E-state index in [4.69, 9.17) is 10.8 Å². The molecule has 4 unspecified atom stereocenters. The number of carboxylic acid groups (broad SMARTS) is 2. The van der Waals surface area contributed by atoms with Crippen molar-refractivity contribution in [1.29, 1.82) is 0 Å². The summed E-state index contributed by atoms with van der Waals surface area (Å²) in [5, 5.41) is 31.4. The fraction of sp³-hybridized carbons (Fsp3) is 0.429. The lowest BCUT2D eigenvalue weighted by Gasteiger charge is -2.28. The zero-order valence-corrected chi connectivity index (χ0v) is 11.3. The van der Waals surface area contributed by atoms with Gasteiger partial charge in [-0.25, -0.2) is 4.79 Å². The first-order chi connectivity index (χ1) is 9.83. The van der Waals surface area contributed by atoms with E-state index in [2.05, 4.69) is 5.32 Å². The minimum absolute atomic E-state index is 0.0381. The van der Waals surface area contributed by atoms with Crippen LogP contribution in [0, 0.1) is 5.92 Å². The number of hydrogen-bond donors (Lipinski definition) is 5. The maximum Gasteiger partial charge on any atom is 0.336 e.